The van der Waals surface area contributed by atoms with E-state index in [2.05, 4.69) is 20.8 Å². The minimum atomic E-state index is -0.737. The Kier molecular flexibility index (Phi) is 4.76. The number of guanidine groups is 1. The quantitative estimate of drug-likeness (QED) is 0.413. The maximum Gasteiger partial charge on any atom is 0.325 e. The molecule has 10 nitrogen and oxygen atoms in total. The standard InChI is InChI=1S/C16H20N6O4/c1-9(23)8-22-12-13(21(2)16(26)19-14(12)25)18-15(22)20-17-7-10-3-5-11(24)6-4-10/h3-7,9,12-13,23-24H,8H2,1-2H3,(H,18,20)(H,19,25,26)/b17-7+. The van der Waals surface area contributed by atoms with Crippen LogP contribution in [0.1, 0.15) is 12.5 Å². The summed E-state index contributed by atoms with van der Waals surface area (Å²) in [6.07, 6.45) is 0.123. The van der Waals surface area contributed by atoms with E-state index in [1.165, 1.54) is 23.2 Å². The monoisotopic (exact) mass is 360 g/mol. The van der Waals surface area contributed by atoms with Gasteiger partial charge < -0.3 is 20.0 Å². The van der Waals surface area contributed by atoms with Crippen LogP contribution >= 0.6 is 0 Å². The van der Waals surface area contributed by atoms with Crippen LogP contribution < -0.4 is 10.7 Å². The number of phenolic OH excluding ortho intramolecular Hbond substituents is 1. The van der Waals surface area contributed by atoms with Crippen molar-refractivity contribution in [2.75, 3.05) is 13.6 Å². The predicted molar refractivity (Wildman–Crippen MR) is 93.5 cm³/mol. The van der Waals surface area contributed by atoms with Crippen LogP contribution in [0.4, 0.5) is 4.79 Å². The first-order valence-electron chi connectivity index (χ1n) is 8.05. The van der Waals surface area contributed by atoms with Gasteiger partial charge in [0.15, 0.2) is 12.2 Å². The maximum absolute atomic E-state index is 12.3. The lowest BCUT2D eigenvalue weighted by atomic mass is 10.1. The number of phenols is 1. The Hall–Kier alpha value is -3.14. The maximum atomic E-state index is 12.3. The first-order valence-corrected chi connectivity index (χ1v) is 8.05. The molecular weight excluding hydrogens is 340 g/mol. The van der Waals surface area contributed by atoms with E-state index in [0.717, 1.165) is 5.56 Å². The molecule has 3 amide bonds. The fraction of sp³-hybridized carbons (Fsp3) is 0.375. The molecule has 0 radical (unpaired) electrons. The number of nitrogens with one attached hydrogen (secondary N) is 2. The Labute approximate surface area is 149 Å². The van der Waals surface area contributed by atoms with E-state index in [-0.39, 0.29) is 18.3 Å². The Morgan fingerprint density at radius 1 is 1.38 bits per heavy atom. The van der Waals surface area contributed by atoms with Crippen LogP contribution in [0.25, 0.3) is 0 Å². The number of carbonyl (C=O) groups excluding carboxylic acids is 2. The number of benzene rings is 1. The van der Waals surface area contributed by atoms with Gasteiger partial charge in [0.25, 0.3) is 5.91 Å². The van der Waals surface area contributed by atoms with Crippen LogP contribution in [0.3, 0.4) is 0 Å². The van der Waals surface area contributed by atoms with Gasteiger partial charge in [-0.2, -0.15) is 5.10 Å². The molecule has 3 rings (SSSR count). The topological polar surface area (TPSA) is 130 Å². The van der Waals surface area contributed by atoms with Gasteiger partial charge in [-0.1, -0.05) is 0 Å². The van der Waals surface area contributed by atoms with Gasteiger partial charge in [-0.25, -0.2) is 15.2 Å². The number of aliphatic imine (C=N–C) groups is 1. The van der Waals surface area contributed by atoms with Crippen molar-refractivity contribution in [1.29, 1.82) is 0 Å². The number of imide groups is 1. The highest BCUT2D eigenvalue weighted by Crippen LogP contribution is 2.23. The number of fused-ring (bicyclic) bond motifs is 1. The second-order valence-electron chi connectivity index (χ2n) is 6.18. The molecule has 3 atom stereocenters. The second kappa shape index (κ2) is 7.00. The van der Waals surface area contributed by atoms with Crippen molar-refractivity contribution in [3.05, 3.63) is 29.8 Å². The number of β-amino-alcohol motifs (C(OH)–C–C–N with tert-alkyl or cyclic N) is 1. The van der Waals surface area contributed by atoms with E-state index < -0.39 is 30.2 Å². The molecule has 0 aromatic heterocycles. The third kappa shape index (κ3) is 3.45. The molecule has 1 fully saturated rings. The summed E-state index contributed by atoms with van der Waals surface area (Å²) in [6.45, 7) is 1.75. The molecule has 1 aromatic rings. The number of hydrogen-bond acceptors (Lipinski definition) is 8. The van der Waals surface area contributed by atoms with Gasteiger partial charge >= 0.3 is 6.03 Å². The van der Waals surface area contributed by atoms with Gasteiger partial charge in [-0.3, -0.25) is 10.1 Å². The van der Waals surface area contributed by atoms with Crippen LogP contribution in [0.2, 0.25) is 0 Å². The molecule has 0 bridgehead atoms. The fourth-order valence-electron chi connectivity index (χ4n) is 2.83. The number of aromatic hydroxyl groups is 1. The number of nitrogens with zero attached hydrogens (tertiary/aromatic N) is 4. The van der Waals surface area contributed by atoms with E-state index in [1.807, 2.05) is 0 Å². The van der Waals surface area contributed by atoms with Crippen molar-refractivity contribution in [2.24, 2.45) is 10.1 Å². The largest absolute Gasteiger partial charge is 0.508 e. The summed E-state index contributed by atoms with van der Waals surface area (Å²) in [5.74, 6) is -0.0318. The molecular formula is C16H20N6O4. The van der Waals surface area contributed by atoms with Gasteiger partial charge in [0, 0.05) is 13.6 Å². The zero-order valence-corrected chi connectivity index (χ0v) is 14.3. The Morgan fingerprint density at radius 3 is 2.73 bits per heavy atom. The van der Waals surface area contributed by atoms with Gasteiger partial charge in [0.05, 0.1) is 12.3 Å². The summed E-state index contributed by atoms with van der Waals surface area (Å²) in [4.78, 5) is 31.3. The van der Waals surface area contributed by atoms with Crippen molar-refractivity contribution < 1.29 is 19.8 Å². The summed E-state index contributed by atoms with van der Waals surface area (Å²) >= 11 is 0. The van der Waals surface area contributed by atoms with E-state index in [9.17, 15) is 19.8 Å². The minimum Gasteiger partial charge on any atom is -0.508 e. The predicted octanol–water partition coefficient (Wildman–Crippen LogP) is -0.756. The van der Waals surface area contributed by atoms with Crippen LogP contribution in [0.15, 0.2) is 34.4 Å². The molecule has 10 heteroatoms. The lowest BCUT2D eigenvalue weighted by molar-refractivity contribution is -0.127. The highest BCUT2D eigenvalue weighted by atomic mass is 16.3. The van der Waals surface area contributed by atoms with Crippen LogP contribution in [-0.4, -0.2) is 76.0 Å². The smallest absolute Gasteiger partial charge is 0.325 e. The van der Waals surface area contributed by atoms with Gasteiger partial charge in [0.1, 0.15) is 5.75 Å². The summed E-state index contributed by atoms with van der Waals surface area (Å²) in [6, 6.07) is 5.18. The molecule has 4 N–H and O–H groups in total. The van der Waals surface area contributed by atoms with E-state index >= 15 is 0 Å². The van der Waals surface area contributed by atoms with E-state index in [4.69, 9.17) is 0 Å². The van der Waals surface area contributed by atoms with Gasteiger partial charge in [-0.05, 0) is 36.8 Å². The summed E-state index contributed by atoms with van der Waals surface area (Å²) in [5.41, 5.74) is 3.51. The first kappa shape index (κ1) is 17.7. The molecule has 1 aromatic carbocycles. The van der Waals surface area contributed by atoms with Crippen molar-refractivity contribution in [3.8, 4) is 5.75 Å². The van der Waals surface area contributed by atoms with Gasteiger partial charge in [-0.15, -0.1) is 0 Å². The highest BCUT2D eigenvalue weighted by Gasteiger charge is 2.48. The number of likely N-dealkylation sites (N-methyl/N-ethyl adjacent to an activating group) is 1. The average Bonchev–Trinajstić information content (AvgIpc) is 2.93. The number of hydrogen-bond donors (Lipinski definition) is 4. The molecule has 0 spiro atoms. The van der Waals surface area contributed by atoms with Crippen molar-refractivity contribution in [1.82, 2.24) is 20.5 Å². The molecule has 0 saturated carbocycles. The number of urea groups is 1. The average molecular weight is 360 g/mol. The fourth-order valence-corrected chi connectivity index (χ4v) is 2.83. The number of aliphatic hydroxyl groups is 1. The van der Waals surface area contributed by atoms with E-state index in [1.54, 1.807) is 31.0 Å². The lowest BCUT2D eigenvalue weighted by Gasteiger charge is -2.36. The third-order valence-corrected chi connectivity index (χ3v) is 4.09. The highest BCUT2D eigenvalue weighted by molar-refractivity contribution is 6.03. The third-order valence-electron chi connectivity index (χ3n) is 4.09. The second-order valence-corrected chi connectivity index (χ2v) is 6.18. The number of rotatable bonds is 4. The molecule has 3 unspecified atom stereocenters. The zero-order valence-electron chi connectivity index (χ0n) is 14.3. The van der Waals surface area contributed by atoms with Gasteiger partial charge in [0.2, 0.25) is 5.96 Å². The zero-order chi connectivity index (χ0) is 18.8. The van der Waals surface area contributed by atoms with Crippen LogP contribution in [0, 0.1) is 0 Å². The summed E-state index contributed by atoms with van der Waals surface area (Å²) in [5, 5.41) is 25.4. The van der Waals surface area contributed by atoms with Crippen LogP contribution in [0.5, 0.6) is 5.75 Å². The Balaban J connectivity index is 1.79. The molecule has 2 heterocycles. The molecule has 1 saturated heterocycles. The lowest BCUT2D eigenvalue weighted by Crippen LogP contribution is -2.64. The number of carbonyl (C=O) groups is 2. The Morgan fingerprint density at radius 2 is 2.08 bits per heavy atom. The number of hydrazone groups is 1. The molecule has 2 aliphatic rings. The van der Waals surface area contributed by atoms with Crippen LogP contribution in [-0.2, 0) is 4.79 Å². The molecule has 0 aliphatic carbocycles. The van der Waals surface area contributed by atoms with Crippen molar-refractivity contribution in [2.45, 2.75) is 25.2 Å². The molecule has 26 heavy (non-hydrogen) atoms. The molecule has 2 aliphatic heterocycles. The summed E-state index contributed by atoms with van der Waals surface area (Å²) in [7, 11) is 1.55. The number of aliphatic hydroxyl groups excluding tert-OH is 1. The minimum absolute atomic E-state index is 0.150. The summed E-state index contributed by atoms with van der Waals surface area (Å²) < 4.78 is 0. The SMILES string of the molecule is CC(O)CN1C(N/N=C/c2ccc(O)cc2)=NC2C1C(=O)NC(=O)N2C. The first-order chi connectivity index (χ1) is 12.4. The molecule has 138 valence electrons. The van der Waals surface area contributed by atoms with Crippen molar-refractivity contribution in [3.63, 3.8) is 0 Å². The van der Waals surface area contributed by atoms with Crippen molar-refractivity contribution >= 4 is 24.1 Å². The Bertz CT molecular complexity index is 761. The normalized spacial score (nSPS) is 23.7. The number of amides is 3. The van der Waals surface area contributed by atoms with E-state index in [0.29, 0.717) is 0 Å².